The van der Waals surface area contributed by atoms with Gasteiger partial charge in [0.25, 0.3) is 0 Å². The molecule has 0 saturated carbocycles. The molecule has 0 spiro atoms. The van der Waals surface area contributed by atoms with E-state index < -0.39 is 0 Å². The van der Waals surface area contributed by atoms with Crippen LogP contribution in [0.4, 0.5) is 0 Å². The Kier molecular flexibility index (Phi) is 5.09. The van der Waals surface area contributed by atoms with Gasteiger partial charge in [-0.05, 0) is 40.5 Å². The van der Waals surface area contributed by atoms with Crippen molar-refractivity contribution in [2.75, 3.05) is 0 Å². The van der Waals surface area contributed by atoms with E-state index in [1.54, 1.807) is 6.07 Å². The second-order valence-corrected chi connectivity index (χ2v) is 6.17. The molecule has 2 aromatic rings. The fraction of sp³-hybridized carbons (Fsp3) is 0.308. The third kappa shape index (κ3) is 3.18. The lowest BCUT2D eigenvalue weighted by molar-refractivity contribution is 0.529. The molecule has 3 N–H and O–H groups in total. The Morgan fingerprint density at radius 1 is 1.40 bits per heavy atom. The van der Waals surface area contributed by atoms with Crippen LogP contribution in [0, 0.1) is 6.92 Å². The van der Waals surface area contributed by atoms with Gasteiger partial charge in [-0.2, -0.15) is 5.10 Å². The Morgan fingerprint density at radius 3 is 2.60 bits per heavy atom. The van der Waals surface area contributed by atoms with Gasteiger partial charge in [-0.25, -0.2) is 0 Å². The minimum absolute atomic E-state index is 0.0733. The van der Waals surface area contributed by atoms with Gasteiger partial charge in [-0.1, -0.05) is 29.3 Å². The van der Waals surface area contributed by atoms with Crippen molar-refractivity contribution >= 4 is 39.1 Å². The highest BCUT2D eigenvalue weighted by Crippen LogP contribution is 2.29. The van der Waals surface area contributed by atoms with Crippen molar-refractivity contribution < 1.29 is 0 Å². The highest BCUT2D eigenvalue weighted by Gasteiger charge is 2.18. The number of aromatic nitrogens is 2. The molecule has 4 nitrogen and oxygen atoms in total. The van der Waals surface area contributed by atoms with Gasteiger partial charge in [0.05, 0.1) is 31.9 Å². The first-order chi connectivity index (χ1) is 9.43. The molecule has 108 valence electrons. The van der Waals surface area contributed by atoms with Crippen LogP contribution in [0.25, 0.3) is 0 Å². The standard InChI is InChI=1S/C13H15BrCl2N4/c1-7-13(14)12(20(2)19-7)6-11(18-17)8-3-4-9(15)10(16)5-8/h3-5,11,18H,6,17H2,1-2H3. The highest BCUT2D eigenvalue weighted by molar-refractivity contribution is 9.10. The van der Waals surface area contributed by atoms with Crippen LogP contribution < -0.4 is 11.3 Å². The number of nitrogens with one attached hydrogen (secondary N) is 1. The molecule has 20 heavy (non-hydrogen) atoms. The second kappa shape index (κ2) is 6.45. The number of hydrazine groups is 1. The summed E-state index contributed by atoms with van der Waals surface area (Å²) in [6.07, 6.45) is 0.687. The molecule has 1 aromatic carbocycles. The van der Waals surface area contributed by atoms with Crippen LogP contribution in [0.5, 0.6) is 0 Å². The molecule has 0 aliphatic rings. The Labute approximate surface area is 136 Å². The third-order valence-electron chi connectivity index (χ3n) is 3.21. The Hall–Kier alpha value is -0.590. The van der Waals surface area contributed by atoms with E-state index in [1.165, 1.54) is 0 Å². The van der Waals surface area contributed by atoms with Gasteiger partial charge < -0.3 is 0 Å². The molecule has 0 fully saturated rings. The lowest BCUT2D eigenvalue weighted by Crippen LogP contribution is -2.30. The number of halogens is 3. The zero-order valence-electron chi connectivity index (χ0n) is 11.1. The second-order valence-electron chi connectivity index (χ2n) is 4.57. The minimum atomic E-state index is -0.0733. The summed E-state index contributed by atoms with van der Waals surface area (Å²) in [4.78, 5) is 0. The van der Waals surface area contributed by atoms with Crippen molar-refractivity contribution in [3.05, 3.63) is 49.7 Å². The summed E-state index contributed by atoms with van der Waals surface area (Å²) in [6.45, 7) is 1.96. The van der Waals surface area contributed by atoms with E-state index in [0.717, 1.165) is 21.4 Å². The Balaban J connectivity index is 2.31. The maximum absolute atomic E-state index is 6.06. The molecule has 0 amide bonds. The van der Waals surface area contributed by atoms with Crippen molar-refractivity contribution in [1.82, 2.24) is 15.2 Å². The molecule has 1 atom stereocenters. The average molecular weight is 378 g/mol. The molecule has 0 radical (unpaired) electrons. The summed E-state index contributed by atoms with van der Waals surface area (Å²) < 4.78 is 2.85. The molecule has 0 saturated heterocycles. The highest BCUT2D eigenvalue weighted by atomic mass is 79.9. The van der Waals surface area contributed by atoms with E-state index in [9.17, 15) is 0 Å². The number of nitrogens with zero attached hydrogens (tertiary/aromatic N) is 2. The maximum atomic E-state index is 6.06. The van der Waals surface area contributed by atoms with Crippen LogP contribution in [0.3, 0.4) is 0 Å². The number of rotatable bonds is 4. The van der Waals surface area contributed by atoms with E-state index >= 15 is 0 Å². The molecule has 0 bridgehead atoms. The lowest BCUT2D eigenvalue weighted by atomic mass is 10.0. The van der Waals surface area contributed by atoms with Crippen LogP contribution in [-0.4, -0.2) is 9.78 Å². The van der Waals surface area contributed by atoms with Gasteiger partial charge in [0.15, 0.2) is 0 Å². The van der Waals surface area contributed by atoms with Gasteiger partial charge in [-0.3, -0.25) is 16.0 Å². The van der Waals surface area contributed by atoms with Crippen molar-refractivity contribution in [2.45, 2.75) is 19.4 Å². The molecule has 0 aliphatic heterocycles. The number of hydrogen-bond acceptors (Lipinski definition) is 3. The van der Waals surface area contributed by atoms with Crippen LogP contribution in [0.1, 0.15) is 23.0 Å². The zero-order valence-corrected chi connectivity index (χ0v) is 14.2. The first-order valence-electron chi connectivity index (χ1n) is 6.03. The van der Waals surface area contributed by atoms with E-state index in [1.807, 2.05) is 30.8 Å². The first-order valence-corrected chi connectivity index (χ1v) is 7.58. The quantitative estimate of drug-likeness (QED) is 0.632. The lowest BCUT2D eigenvalue weighted by Gasteiger charge is -2.17. The smallest absolute Gasteiger partial charge is 0.0738 e. The van der Waals surface area contributed by atoms with Gasteiger partial charge in [0, 0.05) is 13.5 Å². The first kappa shape index (κ1) is 15.8. The summed E-state index contributed by atoms with van der Waals surface area (Å²) in [6, 6.07) is 5.44. The van der Waals surface area contributed by atoms with Crippen LogP contribution in [0.2, 0.25) is 10.0 Å². The third-order valence-corrected chi connectivity index (χ3v) is 4.98. The fourth-order valence-corrected chi connectivity index (χ4v) is 2.90. The topological polar surface area (TPSA) is 55.9 Å². The molecule has 1 aromatic heterocycles. The Morgan fingerprint density at radius 2 is 2.10 bits per heavy atom. The van der Waals surface area contributed by atoms with Crippen LogP contribution in [0.15, 0.2) is 22.7 Å². The van der Waals surface area contributed by atoms with Gasteiger partial charge >= 0.3 is 0 Å². The summed E-state index contributed by atoms with van der Waals surface area (Å²) in [5.74, 6) is 5.68. The van der Waals surface area contributed by atoms with Crippen molar-refractivity contribution in [3.8, 4) is 0 Å². The van der Waals surface area contributed by atoms with E-state index in [0.29, 0.717) is 16.5 Å². The van der Waals surface area contributed by atoms with Gasteiger partial charge in [0.2, 0.25) is 0 Å². The number of nitrogens with two attached hydrogens (primary N) is 1. The summed E-state index contributed by atoms with van der Waals surface area (Å²) >= 11 is 15.6. The summed E-state index contributed by atoms with van der Waals surface area (Å²) in [5, 5.41) is 5.43. The number of hydrogen-bond donors (Lipinski definition) is 2. The molecular weight excluding hydrogens is 363 g/mol. The van der Waals surface area contributed by atoms with E-state index in [4.69, 9.17) is 29.0 Å². The monoisotopic (exact) mass is 376 g/mol. The predicted octanol–water partition coefficient (Wildman–Crippen LogP) is 3.54. The van der Waals surface area contributed by atoms with Gasteiger partial charge in [0.1, 0.15) is 0 Å². The maximum Gasteiger partial charge on any atom is 0.0738 e. The number of benzene rings is 1. The molecule has 7 heteroatoms. The molecular formula is C13H15BrCl2N4. The van der Waals surface area contributed by atoms with Gasteiger partial charge in [-0.15, -0.1) is 0 Å². The molecule has 1 unspecified atom stereocenters. The van der Waals surface area contributed by atoms with Crippen LogP contribution >= 0.6 is 39.1 Å². The molecule has 1 heterocycles. The Bertz CT molecular complexity index is 627. The average Bonchev–Trinajstić information content (AvgIpc) is 2.65. The summed E-state index contributed by atoms with van der Waals surface area (Å²) in [7, 11) is 1.91. The molecule has 0 aliphatic carbocycles. The van der Waals surface area contributed by atoms with Crippen molar-refractivity contribution in [3.63, 3.8) is 0 Å². The van der Waals surface area contributed by atoms with Crippen molar-refractivity contribution in [1.29, 1.82) is 0 Å². The van der Waals surface area contributed by atoms with Crippen LogP contribution in [-0.2, 0) is 13.5 Å². The largest absolute Gasteiger partial charge is 0.271 e. The van der Waals surface area contributed by atoms with E-state index in [-0.39, 0.29) is 6.04 Å². The molecule has 2 rings (SSSR count). The summed E-state index contributed by atoms with van der Waals surface area (Å²) in [5.41, 5.74) is 5.81. The van der Waals surface area contributed by atoms with Crippen molar-refractivity contribution in [2.24, 2.45) is 12.9 Å². The number of aryl methyl sites for hydroxylation is 2. The fourth-order valence-electron chi connectivity index (χ4n) is 2.10. The normalized spacial score (nSPS) is 12.7. The predicted molar refractivity (Wildman–Crippen MR) is 85.9 cm³/mol. The zero-order chi connectivity index (χ0) is 14.9. The minimum Gasteiger partial charge on any atom is -0.271 e. The van der Waals surface area contributed by atoms with E-state index in [2.05, 4.69) is 26.5 Å². The SMILES string of the molecule is Cc1nn(C)c(CC(NN)c2ccc(Cl)c(Cl)c2)c1Br.